The summed E-state index contributed by atoms with van der Waals surface area (Å²) in [4.78, 5) is 16.8. The Morgan fingerprint density at radius 1 is 1.03 bits per heavy atom. The van der Waals surface area contributed by atoms with Gasteiger partial charge in [0.2, 0.25) is 0 Å². The zero-order chi connectivity index (χ0) is 21.7. The van der Waals surface area contributed by atoms with Crippen LogP contribution < -0.4 is 5.32 Å². The molecule has 0 aliphatic carbocycles. The number of fused-ring (bicyclic) bond motifs is 2. The Bertz CT molecular complexity index is 1500. The molecular formula is C23H18FN7O. The minimum atomic E-state index is -0.523. The van der Waals surface area contributed by atoms with Crippen molar-refractivity contribution in [1.82, 2.24) is 35.5 Å². The molecule has 0 bridgehead atoms. The van der Waals surface area contributed by atoms with E-state index >= 15 is 0 Å². The molecule has 4 N–H and O–H groups in total. The summed E-state index contributed by atoms with van der Waals surface area (Å²) in [6.45, 7) is 1.79. The number of nitrogens with one attached hydrogen (secondary N) is 3. The van der Waals surface area contributed by atoms with E-state index in [9.17, 15) is 9.50 Å². The Morgan fingerprint density at radius 2 is 1.97 bits per heavy atom. The zero-order valence-corrected chi connectivity index (χ0v) is 16.9. The van der Waals surface area contributed by atoms with Crippen LogP contribution in [-0.4, -0.2) is 48.3 Å². The lowest BCUT2D eigenvalue weighted by molar-refractivity contribution is 0.469. The first-order valence-electron chi connectivity index (χ1n) is 10.2. The molecule has 5 heterocycles. The summed E-state index contributed by atoms with van der Waals surface area (Å²) < 4.78 is 13.9. The van der Waals surface area contributed by atoms with E-state index in [1.807, 2.05) is 6.20 Å². The number of hydrogen-bond donors (Lipinski definition) is 4. The molecular weight excluding hydrogens is 409 g/mol. The van der Waals surface area contributed by atoms with Crippen molar-refractivity contribution < 1.29 is 9.50 Å². The van der Waals surface area contributed by atoms with Crippen LogP contribution in [0.3, 0.4) is 0 Å². The third-order valence-corrected chi connectivity index (χ3v) is 5.65. The molecule has 158 valence electrons. The number of phenolic OH excluding ortho intramolecular Hbond substituents is 1. The number of halogens is 1. The van der Waals surface area contributed by atoms with E-state index in [1.165, 1.54) is 17.7 Å². The van der Waals surface area contributed by atoms with Gasteiger partial charge in [-0.1, -0.05) is 6.08 Å². The van der Waals surface area contributed by atoms with Crippen molar-refractivity contribution in [2.45, 2.75) is 6.42 Å². The molecule has 1 aliphatic heterocycles. The number of nitrogens with zero attached hydrogens (tertiary/aromatic N) is 4. The number of H-pyrrole nitrogens is 2. The summed E-state index contributed by atoms with van der Waals surface area (Å²) in [5.41, 5.74) is 5.90. The van der Waals surface area contributed by atoms with Crippen molar-refractivity contribution >= 4 is 27.8 Å². The van der Waals surface area contributed by atoms with Gasteiger partial charge < -0.3 is 15.4 Å². The number of imidazole rings is 1. The number of aromatic nitrogens is 6. The van der Waals surface area contributed by atoms with Gasteiger partial charge in [0.05, 0.1) is 5.39 Å². The van der Waals surface area contributed by atoms with E-state index in [0.29, 0.717) is 39.5 Å². The summed E-state index contributed by atoms with van der Waals surface area (Å²) >= 11 is 0. The normalized spacial score (nSPS) is 14.2. The van der Waals surface area contributed by atoms with Crippen LogP contribution in [0.15, 0.2) is 48.8 Å². The van der Waals surface area contributed by atoms with Crippen LogP contribution in [0.25, 0.3) is 50.4 Å². The first kappa shape index (κ1) is 18.6. The van der Waals surface area contributed by atoms with Gasteiger partial charge in [0.15, 0.2) is 17.1 Å². The number of aromatic hydroxyl groups is 1. The standard InChI is InChI=1S/C23H18FN7O/c24-15-7-13(8-16(32)10-15)17-3-6-26-22-19(17)28-23(29-22)20-18-9-14(11-27-21(18)31-30-20)12-1-4-25-5-2-12/h1,3,6-11,25,32H,2,4-5H2,(H,26,28,29)(H,27,30,31). The molecule has 9 heteroatoms. The van der Waals surface area contributed by atoms with Gasteiger partial charge in [-0.2, -0.15) is 5.10 Å². The summed E-state index contributed by atoms with van der Waals surface area (Å²) in [5.74, 6) is -0.139. The molecule has 8 nitrogen and oxygen atoms in total. The maximum atomic E-state index is 13.9. The van der Waals surface area contributed by atoms with E-state index in [0.717, 1.165) is 36.5 Å². The molecule has 4 aromatic heterocycles. The average Bonchev–Trinajstić information content (AvgIpc) is 3.42. The predicted octanol–water partition coefficient (Wildman–Crippen LogP) is 3.78. The van der Waals surface area contributed by atoms with Gasteiger partial charge in [-0.25, -0.2) is 19.3 Å². The third-order valence-electron chi connectivity index (χ3n) is 5.65. The Morgan fingerprint density at radius 3 is 2.81 bits per heavy atom. The fourth-order valence-electron chi connectivity index (χ4n) is 4.13. The first-order chi connectivity index (χ1) is 15.7. The van der Waals surface area contributed by atoms with Crippen molar-refractivity contribution in [2.24, 2.45) is 0 Å². The maximum Gasteiger partial charge on any atom is 0.161 e. The molecule has 32 heavy (non-hydrogen) atoms. The molecule has 5 aromatic rings. The second kappa shape index (κ2) is 7.24. The third kappa shape index (κ3) is 3.10. The van der Waals surface area contributed by atoms with Gasteiger partial charge in [-0.05, 0) is 53.9 Å². The monoisotopic (exact) mass is 427 g/mol. The SMILES string of the molecule is Oc1cc(F)cc(-c2ccnc3[nH]c(-c4n[nH]c5ncc(C6=CCNCC6)cc45)nc23)c1. The second-order valence-electron chi connectivity index (χ2n) is 7.72. The lowest BCUT2D eigenvalue weighted by Crippen LogP contribution is -2.20. The summed E-state index contributed by atoms with van der Waals surface area (Å²) in [6.07, 6.45) is 6.60. The van der Waals surface area contributed by atoms with Crippen molar-refractivity contribution in [3.63, 3.8) is 0 Å². The van der Waals surface area contributed by atoms with E-state index in [1.54, 1.807) is 12.3 Å². The van der Waals surface area contributed by atoms with E-state index < -0.39 is 5.82 Å². The Hall–Kier alpha value is -4.11. The highest BCUT2D eigenvalue weighted by molar-refractivity contribution is 5.95. The van der Waals surface area contributed by atoms with Crippen molar-refractivity contribution in [3.8, 4) is 28.4 Å². The summed E-state index contributed by atoms with van der Waals surface area (Å²) in [5, 5.41) is 21.4. The van der Waals surface area contributed by atoms with Gasteiger partial charge in [0.25, 0.3) is 0 Å². The first-order valence-corrected chi connectivity index (χ1v) is 10.2. The van der Waals surface area contributed by atoms with Crippen molar-refractivity contribution in [3.05, 3.63) is 60.2 Å². The van der Waals surface area contributed by atoms with Crippen LogP contribution in [0.2, 0.25) is 0 Å². The minimum absolute atomic E-state index is 0.148. The van der Waals surface area contributed by atoms with Crippen LogP contribution >= 0.6 is 0 Å². The topological polar surface area (TPSA) is 115 Å². The predicted molar refractivity (Wildman–Crippen MR) is 119 cm³/mol. The van der Waals surface area contributed by atoms with E-state index in [-0.39, 0.29) is 5.75 Å². The highest BCUT2D eigenvalue weighted by Gasteiger charge is 2.18. The van der Waals surface area contributed by atoms with Crippen molar-refractivity contribution in [2.75, 3.05) is 13.1 Å². The van der Waals surface area contributed by atoms with Gasteiger partial charge in [-0.15, -0.1) is 0 Å². The highest BCUT2D eigenvalue weighted by atomic mass is 19.1. The fraction of sp³-hybridized carbons (Fsp3) is 0.130. The molecule has 0 radical (unpaired) electrons. The number of rotatable bonds is 3. The number of pyridine rings is 2. The van der Waals surface area contributed by atoms with Crippen molar-refractivity contribution in [1.29, 1.82) is 0 Å². The number of hydrogen-bond acceptors (Lipinski definition) is 6. The summed E-state index contributed by atoms with van der Waals surface area (Å²) in [6, 6.07) is 7.74. The molecule has 0 unspecified atom stereocenters. The molecule has 1 aliphatic rings. The van der Waals surface area contributed by atoms with Crippen LogP contribution in [-0.2, 0) is 0 Å². The smallest absolute Gasteiger partial charge is 0.161 e. The molecule has 0 saturated carbocycles. The molecule has 1 aromatic carbocycles. The van der Waals surface area contributed by atoms with Crippen LogP contribution in [0.5, 0.6) is 5.75 Å². The van der Waals surface area contributed by atoms with Crippen LogP contribution in [0, 0.1) is 5.82 Å². The number of aromatic amines is 2. The Kier molecular flexibility index (Phi) is 4.22. The lowest BCUT2D eigenvalue weighted by Gasteiger charge is -2.13. The van der Waals surface area contributed by atoms with Gasteiger partial charge >= 0.3 is 0 Å². The second-order valence-corrected chi connectivity index (χ2v) is 7.72. The van der Waals surface area contributed by atoms with E-state index in [4.69, 9.17) is 4.98 Å². The van der Waals surface area contributed by atoms with Gasteiger partial charge in [0.1, 0.15) is 22.8 Å². The molecule has 6 rings (SSSR count). The molecule has 0 saturated heterocycles. The fourth-order valence-corrected chi connectivity index (χ4v) is 4.13. The quantitative estimate of drug-likeness (QED) is 0.348. The number of benzene rings is 1. The Labute approximate surface area is 181 Å². The minimum Gasteiger partial charge on any atom is -0.508 e. The molecule has 0 amide bonds. The van der Waals surface area contributed by atoms with E-state index in [2.05, 4.69) is 42.6 Å². The van der Waals surface area contributed by atoms with Crippen LogP contribution in [0.4, 0.5) is 4.39 Å². The zero-order valence-electron chi connectivity index (χ0n) is 16.9. The molecule has 0 atom stereocenters. The lowest BCUT2D eigenvalue weighted by atomic mass is 10.0. The summed E-state index contributed by atoms with van der Waals surface area (Å²) in [7, 11) is 0. The van der Waals surface area contributed by atoms with Gasteiger partial charge in [0, 0.05) is 30.6 Å². The number of phenols is 1. The Balaban J connectivity index is 1.49. The molecule has 0 spiro atoms. The highest BCUT2D eigenvalue weighted by Crippen LogP contribution is 2.33. The largest absolute Gasteiger partial charge is 0.508 e. The van der Waals surface area contributed by atoms with Gasteiger partial charge in [-0.3, -0.25) is 5.10 Å². The maximum absolute atomic E-state index is 13.9. The van der Waals surface area contributed by atoms with Crippen LogP contribution in [0.1, 0.15) is 12.0 Å². The average molecular weight is 427 g/mol. The molecule has 0 fully saturated rings.